The Morgan fingerprint density at radius 2 is 1.56 bits per heavy atom. The predicted octanol–water partition coefficient (Wildman–Crippen LogP) is 3.44. The first-order valence-corrected chi connectivity index (χ1v) is 9.90. The summed E-state index contributed by atoms with van der Waals surface area (Å²) in [5.41, 5.74) is 3.05. The van der Waals surface area contributed by atoms with E-state index in [-0.39, 0.29) is 6.54 Å². The van der Waals surface area contributed by atoms with Crippen molar-refractivity contribution >= 4 is 0 Å². The quantitative estimate of drug-likeness (QED) is 0.456. The van der Waals surface area contributed by atoms with Gasteiger partial charge in [0.15, 0.2) is 0 Å². The first-order chi connectivity index (χ1) is 15.6. The number of methoxy groups -OCH3 is 2. The molecule has 1 heterocycles. The van der Waals surface area contributed by atoms with Crippen molar-refractivity contribution in [3.8, 4) is 28.4 Å². The Morgan fingerprint density at radius 1 is 0.875 bits per heavy atom. The van der Waals surface area contributed by atoms with E-state index in [1.54, 1.807) is 26.4 Å². The van der Waals surface area contributed by atoms with Crippen molar-refractivity contribution in [1.29, 1.82) is 0 Å². The van der Waals surface area contributed by atoms with Gasteiger partial charge in [-0.3, -0.25) is 0 Å². The summed E-state index contributed by atoms with van der Waals surface area (Å²) in [5, 5.41) is 0. The minimum absolute atomic E-state index is 0.153. The summed E-state index contributed by atoms with van der Waals surface area (Å²) in [6.45, 7) is 0.525. The molecule has 1 N–H and O–H groups in total. The second kappa shape index (κ2) is 9.30. The van der Waals surface area contributed by atoms with Gasteiger partial charge in [0.05, 0.1) is 26.3 Å². The summed E-state index contributed by atoms with van der Waals surface area (Å²) in [4.78, 5) is 24.7. The van der Waals surface area contributed by atoms with E-state index in [4.69, 9.17) is 18.7 Å². The molecule has 8 heteroatoms. The average Bonchev–Trinajstić information content (AvgIpc) is 3.14. The molecule has 0 aliphatic heterocycles. The molecule has 0 unspecified atom stereocenters. The molecule has 4 rings (SSSR count). The first kappa shape index (κ1) is 21.0. The SMILES string of the molecule is COc1cccc(OC)c1-c1cccc(COc2ccc(Cn3oc(=O)[nH]c3=O)cc2)c1. The van der Waals surface area contributed by atoms with Gasteiger partial charge in [-0.2, -0.15) is 0 Å². The molecule has 32 heavy (non-hydrogen) atoms. The monoisotopic (exact) mass is 434 g/mol. The highest BCUT2D eigenvalue weighted by Gasteiger charge is 2.13. The van der Waals surface area contributed by atoms with Crippen LogP contribution in [0.2, 0.25) is 0 Å². The standard InChI is InChI=1S/C24H22N2O6/c1-29-20-7-4-8-21(30-2)22(20)18-6-3-5-17(13-18)15-31-19-11-9-16(10-12-19)14-26-23(27)25-24(28)32-26/h3-13H,14-15H2,1-2H3,(H,25,27,28). The number of H-pyrrole nitrogens is 1. The van der Waals surface area contributed by atoms with E-state index < -0.39 is 11.4 Å². The summed E-state index contributed by atoms with van der Waals surface area (Å²) in [7, 11) is 3.27. The average molecular weight is 434 g/mol. The number of hydrogen-bond acceptors (Lipinski definition) is 6. The largest absolute Gasteiger partial charge is 0.496 e. The Morgan fingerprint density at radius 3 is 2.19 bits per heavy atom. The number of hydrogen-bond donors (Lipinski definition) is 1. The van der Waals surface area contributed by atoms with Crippen LogP contribution in [0.4, 0.5) is 0 Å². The van der Waals surface area contributed by atoms with Crippen molar-refractivity contribution in [2.24, 2.45) is 0 Å². The van der Waals surface area contributed by atoms with Gasteiger partial charge in [-0.25, -0.2) is 14.6 Å². The molecular formula is C24H22N2O6. The summed E-state index contributed by atoms with van der Waals surface area (Å²) < 4.78 is 22.7. The van der Waals surface area contributed by atoms with Crippen LogP contribution in [0.3, 0.4) is 0 Å². The minimum Gasteiger partial charge on any atom is -0.496 e. The first-order valence-electron chi connectivity index (χ1n) is 9.90. The molecule has 0 amide bonds. The van der Waals surface area contributed by atoms with Gasteiger partial charge in [0.25, 0.3) is 0 Å². The summed E-state index contributed by atoms with van der Waals surface area (Å²) in [6, 6.07) is 20.9. The van der Waals surface area contributed by atoms with Crippen LogP contribution < -0.4 is 25.7 Å². The third-order valence-electron chi connectivity index (χ3n) is 4.93. The number of nitrogens with one attached hydrogen (secondary N) is 1. The molecule has 4 aromatic rings. The molecule has 164 valence electrons. The Balaban J connectivity index is 1.47. The topological polar surface area (TPSA) is 95.7 Å². The number of nitrogens with zero attached hydrogens (tertiary/aromatic N) is 1. The summed E-state index contributed by atoms with van der Waals surface area (Å²) in [6.07, 6.45) is 0. The minimum atomic E-state index is -0.775. The smallest absolute Gasteiger partial charge is 0.440 e. The number of aromatic nitrogens is 2. The fourth-order valence-corrected chi connectivity index (χ4v) is 3.39. The molecule has 0 aliphatic rings. The maximum Gasteiger partial charge on any atom is 0.440 e. The van der Waals surface area contributed by atoms with Crippen molar-refractivity contribution in [1.82, 2.24) is 9.72 Å². The molecule has 1 aromatic heterocycles. The lowest BCUT2D eigenvalue weighted by Gasteiger charge is -2.14. The molecule has 0 radical (unpaired) electrons. The van der Waals surface area contributed by atoms with E-state index in [0.717, 1.165) is 38.5 Å². The van der Waals surface area contributed by atoms with Crippen molar-refractivity contribution in [2.45, 2.75) is 13.2 Å². The second-order valence-corrected chi connectivity index (χ2v) is 7.02. The zero-order chi connectivity index (χ0) is 22.5. The van der Waals surface area contributed by atoms with Gasteiger partial charge in [-0.1, -0.05) is 36.4 Å². The lowest BCUT2D eigenvalue weighted by Crippen LogP contribution is -2.17. The summed E-state index contributed by atoms with van der Waals surface area (Å²) in [5.74, 6) is 1.37. The van der Waals surface area contributed by atoms with Crippen molar-refractivity contribution in [3.05, 3.63) is 98.9 Å². The Hall–Kier alpha value is -4.20. The van der Waals surface area contributed by atoms with Gasteiger partial charge < -0.3 is 18.7 Å². The predicted molar refractivity (Wildman–Crippen MR) is 118 cm³/mol. The van der Waals surface area contributed by atoms with Gasteiger partial charge in [0.1, 0.15) is 23.9 Å². The molecule has 0 aliphatic carbocycles. The van der Waals surface area contributed by atoms with E-state index in [1.807, 2.05) is 54.6 Å². The summed E-state index contributed by atoms with van der Waals surface area (Å²) >= 11 is 0. The van der Waals surface area contributed by atoms with Crippen molar-refractivity contribution in [3.63, 3.8) is 0 Å². The third kappa shape index (κ3) is 4.59. The molecule has 0 saturated heterocycles. The van der Waals surface area contributed by atoms with Crippen molar-refractivity contribution < 1.29 is 18.7 Å². The van der Waals surface area contributed by atoms with Gasteiger partial charge in [0.2, 0.25) is 0 Å². The number of aromatic amines is 1. The maximum atomic E-state index is 11.6. The molecule has 0 atom stereocenters. The molecule has 0 fully saturated rings. The Labute approximate surface area is 183 Å². The number of ether oxygens (including phenoxy) is 3. The second-order valence-electron chi connectivity index (χ2n) is 7.02. The van der Waals surface area contributed by atoms with Crippen LogP contribution in [-0.2, 0) is 13.2 Å². The van der Waals surface area contributed by atoms with Crippen LogP contribution in [0.1, 0.15) is 11.1 Å². The van der Waals surface area contributed by atoms with Crippen LogP contribution in [0.25, 0.3) is 11.1 Å². The van der Waals surface area contributed by atoms with Crippen LogP contribution in [-0.4, -0.2) is 23.9 Å². The molecule has 0 saturated carbocycles. The highest BCUT2D eigenvalue weighted by atomic mass is 16.5. The lowest BCUT2D eigenvalue weighted by molar-refractivity contribution is 0.258. The van der Waals surface area contributed by atoms with Gasteiger partial charge in [-0.15, -0.1) is 4.74 Å². The van der Waals surface area contributed by atoms with Crippen LogP contribution in [0.15, 0.2) is 80.8 Å². The van der Waals surface area contributed by atoms with E-state index in [2.05, 4.69) is 4.98 Å². The van der Waals surface area contributed by atoms with Crippen LogP contribution >= 0.6 is 0 Å². The van der Waals surface area contributed by atoms with E-state index in [0.29, 0.717) is 12.4 Å². The molecule has 3 aromatic carbocycles. The Kier molecular flexibility index (Phi) is 6.12. The van der Waals surface area contributed by atoms with Gasteiger partial charge >= 0.3 is 11.4 Å². The van der Waals surface area contributed by atoms with Crippen LogP contribution in [0.5, 0.6) is 17.2 Å². The maximum absolute atomic E-state index is 11.6. The molecule has 8 nitrogen and oxygen atoms in total. The fraction of sp³-hybridized carbons (Fsp3) is 0.167. The molecular weight excluding hydrogens is 412 g/mol. The zero-order valence-corrected chi connectivity index (χ0v) is 17.7. The van der Waals surface area contributed by atoms with Gasteiger partial charge in [0, 0.05) is 0 Å². The van der Waals surface area contributed by atoms with E-state index >= 15 is 0 Å². The van der Waals surface area contributed by atoms with Crippen LogP contribution in [0, 0.1) is 0 Å². The fourth-order valence-electron chi connectivity index (χ4n) is 3.39. The van der Waals surface area contributed by atoms with E-state index in [1.165, 1.54) is 0 Å². The van der Waals surface area contributed by atoms with Crippen molar-refractivity contribution in [2.75, 3.05) is 14.2 Å². The lowest BCUT2D eigenvalue weighted by atomic mass is 10.0. The highest BCUT2D eigenvalue weighted by Crippen LogP contribution is 2.38. The van der Waals surface area contributed by atoms with E-state index in [9.17, 15) is 9.59 Å². The number of benzene rings is 3. The molecule has 0 spiro atoms. The normalized spacial score (nSPS) is 10.7. The zero-order valence-electron chi connectivity index (χ0n) is 17.7. The van der Waals surface area contributed by atoms with Gasteiger partial charge in [-0.05, 0) is 47.0 Å². The molecule has 0 bridgehead atoms. The Bertz CT molecular complexity index is 1300. The third-order valence-corrected chi connectivity index (χ3v) is 4.93. The highest BCUT2D eigenvalue weighted by molar-refractivity contribution is 5.77. The number of rotatable bonds is 8.